The molecular weight excluding hydrogens is 304 g/mol. The Balaban J connectivity index is 1.67. The largest absolute Gasteiger partial charge is 0.379 e. The van der Waals surface area contributed by atoms with Crippen molar-refractivity contribution in [3.8, 4) is 0 Å². The summed E-state index contributed by atoms with van der Waals surface area (Å²) in [5.41, 5.74) is 0.259. The number of carbonyl (C=O) groups excluding carboxylic acids is 1. The van der Waals surface area contributed by atoms with E-state index in [1.54, 1.807) is 6.92 Å². The quantitative estimate of drug-likeness (QED) is 0.786. The summed E-state index contributed by atoms with van der Waals surface area (Å²) in [5.74, 6) is -1.30. The first-order chi connectivity index (χ1) is 11.1. The van der Waals surface area contributed by atoms with Crippen LogP contribution in [0.4, 0.5) is 13.6 Å². The van der Waals surface area contributed by atoms with Gasteiger partial charge in [0.15, 0.2) is 0 Å². The summed E-state index contributed by atoms with van der Waals surface area (Å²) in [5, 5.41) is 5.40. The van der Waals surface area contributed by atoms with Gasteiger partial charge in [0.05, 0.1) is 19.3 Å². The molecule has 2 amide bonds. The number of halogens is 2. The van der Waals surface area contributed by atoms with Crippen molar-refractivity contribution in [1.29, 1.82) is 0 Å². The van der Waals surface area contributed by atoms with Crippen LogP contribution < -0.4 is 10.6 Å². The van der Waals surface area contributed by atoms with Gasteiger partial charge in [0.25, 0.3) is 0 Å². The zero-order valence-electron chi connectivity index (χ0n) is 13.3. The number of rotatable bonds is 6. The van der Waals surface area contributed by atoms with E-state index in [1.165, 1.54) is 12.1 Å². The number of benzene rings is 1. The molecule has 1 aromatic carbocycles. The van der Waals surface area contributed by atoms with Gasteiger partial charge in [-0.05, 0) is 26.0 Å². The number of morpholine rings is 1. The Morgan fingerprint density at radius 2 is 2.09 bits per heavy atom. The molecule has 23 heavy (non-hydrogen) atoms. The molecule has 0 aliphatic carbocycles. The van der Waals surface area contributed by atoms with Gasteiger partial charge in [0.2, 0.25) is 0 Å². The highest BCUT2D eigenvalue weighted by atomic mass is 19.1. The standard InChI is InChI=1S/C16H23F2N3O2/c1-12(14-4-3-13(17)11-15(14)18)20-16(22)19-5-2-6-21-7-9-23-10-8-21/h3-4,11-12H,2,5-10H2,1H3,(H2,19,20,22)/t12-/m0/s1. The first kappa shape index (κ1) is 17.6. The fraction of sp³-hybridized carbons (Fsp3) is 0.562. The average Bonchev–Trinajstić information content (AvgIpc) is 2.52. The molecule has 1 aromatic rings. The lowest BCUT2D eigenvalue weighted by Gasteiger charge is -2.26. The maximum absolute atomic E-state index is 13.6. The lowest BCUT2D eigenvalue weighted by molar-refractivity contribution is 0.0375. The summed E-state index contributed by atoms with van der Waals surface area (Å²) < 4.78 is 31.8. The number of nitrogens with one attached hydrogen (secondary N) is 2. The van der Waals surface area contributed by atoms with E-state index in [0.29, 0.717) is 6.54 Å². The summed E-state index contributed by atoms with van der Waals surface area (Å²) in [4.78, 5) is 14.1. The molecular formula is C16H23F2N3O2. The van der Waals surface area contributed by atoms with Crippen LogP contribution in [0.2, 0.25) is 0 Å². The van der Waals surface area contributed by atoms with Gasteiger partial charge in [-0.2, -0.15) is 0 Å². The monoisotopic (exact) mass is 327 g/mol. The zero-order valence-corrected chi connectivity index (χ0v) is 13.3. The lowest BCUT2D eigenvalue weighted by Crippen LogP contribution is -2.40. The fourth-order valence-corrected chi connectivity index (χ4v) is 2.51. The predicted octanol–water partition coefficient (Wildman–Crippen LogP) is 2.05. The smallest absolute Gasteiger partial charge is 0.315 e. The maximum atomic E-state index is 13.6. The molecule has 1 heterocycles. The molecule has 5 nitrogen and oxygen atoms in total. The van der Waals surface area contributed by atoms with Crippen LogP contribution in [0.15, 0.2) is 18.2 Å². The van der Waals surface area contributed by atoms with Crippen molar-refractivity contribution in [2.45, 2.75) is 19.4 Å². The normalized spacial score (nSPS) is 16.8. The molecule has 0 bridgehead atoms. The van der Waals surface area contributed by atoms with Crippen LogP contribution in [-0.4, -0.2) is 50.3 Å². The number of carbonyl (C=O) groups is 1. The number of urea groups is 1. The highest BCUT2D eigenvalue weighted by Crippen LogP contribution is 2.17. The van der Waals surface area contributed by atoms with Crippen molar-refractivity contribution in [2.24, 2.45) is 0 Å². The summed E-state index contributed by atoms with van der Waals surface area (Å²) in [6.45, 7) is 6.47. The Morgan fingerprint density at radius 3 is 2.78 bits per heavy atom. The zero-order chi connectivity index (χ0) is 16.7. The average molecular weight is 327 g/mol. The summed E-state index contributed by atoms with van der Waals surface area (Å²) in [7, 11) is 0. The third-order valence-electron chi connectivity index (χ3n) is 3.82. The van der Waals surface area contributed by atoms with Gasteiger partial charge >= 0.3 is 6.03 Å². The van der Waals surface area contributed by atoms with Crippen molar-refractivity contribution in [2.75, 3.05) is 39.4 Å². The van der Waals surface area contributed by atoms with E-state index in [4.69, 9.17) is 4.74 Å². The summed E-state index contributed by atoms with van der Waals surface area (Å²) >= 11 is 0. The maximum Gasteiger partial charge on any atom is 0.315 e. The van der Waals surface area contributed by atoms with Crippen molar-refractivity contribution in [3.63, 3.8) is 0 Å². The molecule has 1 saturated heterocycles. The molecule has 128 valence electrons. The highest BCUT2D eigenvalue weighted by Gasteiger charge is 2.14. The second-order valence-electron chi connectivity index (χ2n) is 5.60. The second kappa shape index (κ2) is 8.79. The van der Waals surface area contributed by atoms with E-state index in [-0.39, 0.29) is 11.6 Å². The van der Waals surface area contributed by atoms with Crippen LogP contribution in [0, 0.1) is 11.6 Å². The van der Waals surface area contributed by atoms with Crippen LogP contribution >= 0.6 is 0 Å². The third kappa shape index (κ3) is 5.76. The molecule has 0 unspecified atom stereocenters. The molecule has 0 radical (unpaired) electrons. The topological polar surface area (TPSA) is 53.6 Å². The summed E-state index contributed by atoms with van der Waals surface area (Å²) in [6, 6.07) is 2.44. The van der Waals surface area contributed by atoms with Crippen molar-refractivity contribution >= 4 is 6.03 Å². The van der Waals surface area contributed by atoms with Crippen LogP contribution in [0.25, 0.3) is 0 Å². The molecule has 1 aliphatic rings. The molecule has 0 aromatic heterocycles. The summed E-state index contributed by atoms with van der Waals surface area (Å²) in [6.07, 6.45) is 0.840. The fourth-order valence-electron chi connectivity index (χ4n) is 2.51. The van der Waals surface area contributed by atoms with E-state index >= 15 is 0 Å². The molecule has 1 aliphatic heterocycles. The van der Waals surface area contributed by atoms with E-state index < -0.39 is 17.7 Å². The van der Waals surface area contributed by atoms with Gasteiger partial charge in [-0.3, -0.25) is 4.90 Å². The van der Waals surface area contributed by atoms with Gasteiger partial charge in [-0.25, -0.2) is 13.6 Å². The van der Waals surface area contributed by atoms with Gasteiger partial charge in [0, 0.05) is 31.3 Å². The van der Waals surface area contributed by atoms with Gasteiger partial charge < -0.3 is 15.4 Å². The Bertz CT molecular complexity index is 522. The molecule has 2 rings (SSSR count). The molecule has 1 fully saturated rings. The molecule has 0 saturated carbocycles. The van der Waals surface area contributed by atoms with Crippen LogP contribution in [0.3, 0.4) is 0 Å². The lowest BCUT2D eigenvalue weighted by atomic mass is 10.1. The van der Waals surface area contributed by atoms with Gasteiger partial charge in [-0.1, -0.05) is 6.07 Å². The van der Waals surface area contributed by atoms with E-state index in [2.05, 4.69) is 15.5 Å². The van der Waals surface area contributed by atoms with Crippen LogP contribution in [0.5, 0.6) is 0 Å². The Hall–Kier alpha value is -1.73. The Kier molecular flexibility index (Phi) is 6.73. The molecule has 1 atom stereocenters. The van der Waals surface area contributed by atoms with E-state index in [1.807, 2.05) is 0 Å². The number of ether oxygens (including phenoxy) is 1. The first-order valence-electron chi connectivity index (χ1n) is 7.85. The second-order valence-corrected chi connectivity index (χ2v) is 5.60. The van der Waals surface area contributed by atoms with Crippen molar-refractivity contribution < 1.29 is 18.3 Å². The molecule has 7 heteroatoms. The van der Waals surface area contributed by atoms with E-state index in [0.717, 1.165) is 45.3 Å². The number of hydrogen-bond acceptors (Lipinski definition) is 3. The van der Waals surface area contributed by atoms with Crippen molar-refractivity contribution in [1.82, 2.24) is 15.5 Å². The minimum absolute atomic E-state index is 0.259. The van der Waals surface area contributed by atoms with E-state index in [9.17, 15) is 13.6 Å². The number of hydrogen-bond donors (Lipinski definition) is 2. The molecule has 2 N–H and O–H groups in total. The Morgan fingerprint density at radius 1 is 1.35 bits per heavy atom. The Labute approximate surface area is 135 Å². The number of nitrogens with zero attached hydrogens (tertiary/aromatic N) is 1. The van der Waals surface area contributed by atoms with Crippen LogP contribution in [0.1, 0.15) is 24.9 Å². The van der Waals surface area contributed by atoms with Gasteiger partial charge in [-0.15, -0.1) is 0 Å². The van der Waals surface area contributed by atoms with Crippen LogP contribution in [-0.2, 0) is 4.74 Å². The molecule has 0 spiro atoms. The third-order valence-corrected chi connectivity index (χ3v) is 3.82. The predicted molar refractivity (Wildman–Crippen MR) is 83.2 cm³/mol. The number of amides is 2. The van der Waals surface area contributed by atoms with Crippen molar-refractivity contribution in [3.05, 3.63) is 35.4 Å². The van der Waals surface area contributed by atoms with Gasteiger partial charge in [0.1, 0.15) is 11.6 Å². The minimum atomic E-state index is -0.662. The minimum Gasteiger partial charge on any atom is -0.379 e. The SMILES string of the molecule is C[C@H](NC(=O)NCCCN1CCOCC1)c1ccc(F)cc1F. The highest BCUT2D eigenvalue weighted by molar-refractivity contribution is 5.74. The first-order valence-corrected chi connectivity index (χ1v) is 7.85.